The molecule has 0 aliphatic heterocycles. The summed E-state index contributed by atoms with van der Waals surface area (Å²) in [6.45, 7) is 5.58. The molecule has 0 aromatic heterocycles. The second-order valence-corrected chi connectivity index (χ2v) is 0.682. The summed E-state index contributed by atoms with van der Waals surface area (Å²) in [7, 11) is 0. The summed E-state index contributed by atoms with van der Waals surface area (Å²) >= 11 is 0. The van der Waals surface area contributed by atoms with Crippen molar-refractivity contribution < 1.29 is 4.84 Å². The molecule has 6 heavy (non-hydrogen) atoms. The Morgan fingerprint density at radius 3 is 2.83 bits per heavy atom. The molecule has 0 fully saturated rings. The van der Waals surface area contributed by atoms with Crippen molar-refractivity contribution in [2.75, 3.05) is 6.61 Å². The molecule has 0 aliphatic rings. The molecule has 0 spiro atoms. The molecule has 0 unspecified atom stereocenters. The van der Waals surface area contributed by atoms with Crippen molar-refractivity contribution in [3.8, 4) is 0 Å². The van der Waals surface area contributed by atoms with Crippen LogP contribution >= 0.6 is 0 Å². The number of hydrazone groups is 1. The van der Waals surface area contributed by atoms with Gasteiger partial charge in [0, 0.05) is 6.72 Å². The van der Waals surface area contributed by atoms with Crippen LogP contribution in [0.3, 0.4) is 0 Å². The van der Waals surface area contributed by atoms with Crippen LogP contribution in [0.5, 0.6) is 0 Å². The predicted molar refractivity (Wildman–Crippen MR) is 24.3 cm³/mol. The second kappa shape index (κ2) is 4.43. The standard InChI is InChI=1S/C3H8N2O/c1-3-6-5-4-2/h5H,2-3H2,1H3. The van der Waals surface area contributed by atoms with Crippen molar-refractivity contribution in [3.05, 3.63) is 0 Å². The van der Waals surface area contributed by atoms with Crippen LogP contribution in [0.25, 0.3) is 0 Å². The number of nitrogens with zero attached hydrogens (tertiary/aromatic N) is 1. The normalized spacial score (nSPS) is 7.50. The Kier molecular flexibility index (Phi) is 4.01. The highest BCUT2D eigenvalue weighted by molar-refractivity contribution is 5.21. The Labute approximate surface area is 37.0 Å². The fourth-order valence-corrected chi connectivity index (χ4v) is 0.110. The van der Waals surface area contributed by atoms with Gasteiger partial charge in [0.2, 0.25) is 0 Å². The minimum absolute atomic E-state index is 0.610. The molecular weight excluding hydrogens is 80.0 g/mol. The molecule has 3 heteroatoms. The van der Waals surface area contributed by atoms with Gasteiger partial charge in [-0.05, 0) is 6.92 Å². The van der Waals surface area contributed by atoms with Crippen LogP contribution in [0, 0.1) is 0 Å². The molecule has 0 aromatic carbocycles. The Morgan fingerprint density at radius 1 is 2.00 bits per heavy atom. The van der Waals surface area contributed by atoms with Gasteiger partial charge in [0.05, 0.1) is 6.61 Å². The lowest BCUT2D eigenvalue weighted by Crippen LogP contribution is -2.03. The summed E-state index contributed by atoms with van der Waals surface area (Å²) in [6.07, 6.45) is 0. The van der Waals surface area contributed by atoms with Crippen molar-refractivity contribution in [1.29, 1.82) is 0 Å². The molecule has 3 nitrogen and oxygen atoms in total. The Morgan fingerprint density at radius 2 is 2.67 bits per heavy atom. The molecule has 0 rings (SSSR count). The van der Waals surface area contributed by atoms with E-state index >= 15 is 0 Å². The molecule has 0 bridgehead atoms. The van der Waals surface area contributed by atoms with Crippen molar-refractivity contribution in [2.45, 2.75) is 6.92 Å². The minimum Gasteiger partial charge on any atom is -0.259 e. The first kappa shape index (κ1) is 5.43. The number of nitrogens with one attached hydrogen (secondary N) is 1. The lowest BCUT2D eigenvalue weighted by molar-refractivity contribution is 0.0539. The van der Waals surface area contributed by atoms with E-state index in [1.807, 2.05) is 6.92 Å². The highest BCUT2D eigenvalue weighted by Crippen LogP contribution is 1.58. The Balaban J connectivity index is 2.49. The Hall–Kier alpha value is -0.570. The average Bonchev–Trinajstić information content (AvgIpc) is 1.61. The molecule has 0 heterocycles. The van der Waals surface area contributed by atoms with Crippen molar-refractivity contribution >= 4 is 6.72 Å². The van der Waals surface area contributed by atoms with Gasteiger partial charge < -0.3 is 0 Å². The summed E-state index contributed by atoms with van der Waals surface area (Å²) in [5, 5.41) is 3.20. The van der Waals surface area contributed by atoms with Crippen LogP contribution in [0.1, 0.15) is 6.92 Å². The van der Waals surface area contributed by atoms with E-state index < -0.39 is 0 Å². The smallest absolute Gasteiger partial charge is 0.0736 e. The molecule has 0 aliphatic carbocycles. The average molecular weight is 88.1 g/mol. The summed E-state index contributed by atoms with van der Waals surface area (Å²) in [5.74, 6) is 0. The third kappa shape index (κ3) is 3.43. The zero-order valence-corrected chi connectivity index (χ0v) is 3.77. The minimum atomic E-state index is 0.610. The highest BCUT2D eigenvalue weighted by Gasteiger charge is 1.64. The van der Waals surface area contributed by atoms with E-state index in [2.05, 4.69) is 22.2 Å². The van der Waals surface area contributed by atoms with Crippen molar-refractivity contribution in [3.63, 3.8) is 0 Å². The van der Waals surface area contributed by atoms with Crippen LogP contribution in [0.15, 0.2) is 5.10 Å². The largest absolute Gasteiger partial charge is 0.259 e. The monoisotopic (exact) mass is 88.1 g/mol. The third-order valence-corrected chi connectivity index (χ3v) is 0.273. The van der Waals surface area contributed by atoms with Crippen molar-refractivity contribution in [2.24, 2.45) is 5.10 Å². The maximum Gasteiger partial charge on any atom is 0.0736 e. The SMILES string of the molecule is C=NNOCC. The fourth-order valence-electron chi connectivity index (χ4n) is 0.110. The first-order chi connectivity index (χ1) is 2.91. The van der Waals surface area contributed by atoms with Crippen LogP contribution in [-0.2, 0) is 4.84 Å². The van der Waals surface area contributed by atoms with E-state index in [1.54, 1.807) is 0 Å². The van der Waals surface area contributed by atoms with E-state index in [0.29, 0.717) is 6.61 Å². The highest BCUT2D eigenvalue weighted by atomic mass is 16.7. The molecule has 0 saturated heterocycles. The zero-order chi connectivity index (χ0) is 4.83. The van der Waals surface area contributed by atoms with Gasteiger partial charge in [-0.25, -0.2) is 0 Å². The molecule has 36 valence electrons. The Bertz CT molecular complexity index is 37.8. The van der Waals surface area contributed by atoms with Gasteiger partial charge in [-0.2, -0.15) is 10.7 Å². The molecule has 0 atom stereocenters. The number of rotatable bonds is 3. The molecule has 0 amide bonds. The van der Waals surface area contributed by atoms with Gasteiger partial charge in [-0.15, -0.1) is 0 Å². The first-order valence-corrected chi connectivity index (χ1v) is 1.74. The van der Waals surface area contributed by atoms with E-state index in [0.717, 1.165) is 0 Å². The van der Waals surface area contributed by atoms with Crippen LogP contribution in [0.4, 0.5) is 0 Å². The van der Waals surface area contributed by atoms with Crippen LogP contribution in [-0.4, -0.2) is 13.3 Å². The molecule has 0 aromatic rings. The maximum absolute atomic E-state index is 4.50. The van der Waals surface area contributed by atoms with Crippen molar-refractivity contribution in [1.82, 2.24) is 5.59 Å². The number of hydrogen-bond donors (Lipinski definition) is 1. The van der Waals surface area contributed by atoms with Gasteiger partial charge in [-0.1, -0.05) is 0 Å². The summed E-state index contributed by atoms with van der Waals surface area (Å²) in [4.78, 5) is 4.50. The number of hydrogen-bond acceptors (Lipinski definition) is 3. The molecule has 0 saturated carbocycles. The molecule has 1 N–H and O–H groups in total. The summed E-state index contributed by atoms with van der Waals surface area (Å²) in [5.41, 5.74) is 2.21. The second-order valence-electron chi connectivity index (χ2n) is 0.682. The fraction of sp³-hybridized carbons (Fsp3) is 0.667. The van der Waals surface area contributed by atoms with Gasteiger partial charge in [0.25, 0.3) is 0 Å². The van der Waals surface area contributed by atoms with E-state index in [4.69, 9.17) is 0 Å². The predicted octanol–water partition coefficient (Wildman–Crippen LogP) is 0.143. The lowest BCUT2D eigenvalue weighted by Gasteiger charge is -1.91. The van der Waals surface area contributed by atoms with Gasteiger partial charge in [0.15, 0.2) is 0 Å². The van der Waals surface area contributed by atoms with Gasteiger partial charge in [-0.3, -0.25) is 4.84 Å². The third-order valence-electron chi connectivity index (χ3n) is 0.273. The topological polar surface area (TPSA) is 33.6 Å². The first-order valence-electron chi connectivity index (χ1n) is 1.74. The van der Waals surface area contributed by atoms with Gasteiger partial charge in [0.1, 0.15) is 0 Å². The van der Waals surface area contributed by atoms with Crippen LogP contribution < -0.4 is 5.59 Å². The maximum atomic E-state index is 4.50. The quantitative estimate of drug-likeness (QED) is 0.302. The zero-order valence-electron chi connectivity index (χ0n) is 3.77. The molecular formula is C3H8N2O. The van der Waals surface area contributed by atoms with E-state index in [9.17, 15) is 0 Å². The van der Waals surface area contributed by atoms with E-state index in [1.165, 1.54) is 0 Å². The van der Waals surface area contributed by atoms with Crippen LogP contribution in [0.2, 0.25) is 0 Å². The summed E-state index contributed by atoms with van der Waals surface area (Å²) < 4.78 is 0. The lowest BCUT2D eigenvalue weighted by atomic mass is 10.9. The van der Waals surface area contributed by atoms with Gasteiger partial charge >= 0.3 is 0 Å². The molecule has 0 radical (unpaired) electrons. The summed E-state index contributed by atoms with van der Waals surface area (Å²) in [6, 6.07) is 0. The van der Waals surface area contributed by atoms with E-state index in [-0.39, 0.29) is 0 Å².